The smallest absolute Gasteiger partial charge is 0.252 e. The monoisotopic (exact) mass is 331 g/mol. The molecule has 1 aliphatic rings. The number of hydrogen-bond acceptors (Lipinski definition) is 2. The van der Waals surface area contributed by atoms with Crippen molar-refractivity contribution in [2.24, 2.45) is 5.92 Å². The molecule has 1 aromatic carbocycles. The van der Waals surface area contributed by atoms with Gasteiger partial charge in [0.2, 0.25) is 0 Å². The van der Waals surface area contributed by atoms with Crippen LogP contribution in [0.5, 0.6) is 0 Å². The third-order valence-corrected chi connectivity index (χ3v) is 3.68. The fourth-order valence-electron chi connectivity index (χ4n) is 1.90. The van der Waals surface area contributed by atoms with E-state index in [1.54, 1.807) is 0 Å². The Morgan fingerprint density at radius 1 is 1.44 bits per heavy atom. The summed E-state index contributed by atoms with van der Waals surface area (Å²) >= 11 is 2.15. The number of nitrogens with one attached hydrogen (secondary N) is 1. The summed E-state index contributed by atoms with van der Waals surface area (Å²) in [6, 6.07) is 3.83. The fraction of sp³-hybridized carbons (Fsp3) is 0.417. The van der Waals surface area contributed by atoms with E-state index in [1.165, 1.54) is 0 Å². The molecule has 3 nitrogen and oxygen atoms in total. The van der Waals surface area contributed by atoms with Gasteiger partial charge in [0.15, 0.2) is 0 Å². The van der Waals surface area contributed by atoms with Crippen LogP contribution < -0.4 is 5.32 Å². The molecule has 2 N–H and O–H groups in total. The van der Waals surface area contributed by atoms with E-state index in [-0.39, 0.29) is 11.8 Å². The molecule has 1 aliphatic heterocycles. The maximum atomic E-state index is 11.5. The molecule has 0 fully saturated rings. The van der Waals surface area contributed by atoms with E-state index in [9.17, 15) is 9.90 Å². The standard InChI is InChI=1S/C12H14INO2/c1-6(2)11(15)7-3-8-5-14-12(16)10(8)9(13)4-7/h3-4,6,11,15H,5H2,1-2H3,(H,14,16)/t11-/m1/s1. The summed E-state index contributed by atoms with van der Waals surface area (Å²) in [4.78, 5) is 11.5. The summed E-state index contributed by atoms with van der Waals surface area (Å²) in [6.45, 7) is 4.53. The van der Waals surface area contributed by atoms with Gasteiger partial charge in [0.25, 0.3) is 5.91 Å². The van der Waals surface area contributed by atoms with Crippen LogP contribution in [0, 0.1) is 9.49 Å². The van der Waals surface area contributed by atoms with Gasteiger partial charge >= 0.3 is 0 Å². The average molecular weight is 331 g/mol. The Labute approximate surface area is 108 Å². The molecule has 86 valence electrons. The second-order valence-electron chi connectivity index (χ2n) is 4.41. The van der Waals surface area contributed by atoms with E-state index in [1.807, 2.05) is 26.0 Å². The second-order valence-corrected chi connectivity index (χ2v) is 5.57. The Bertz CT molecular complexity index is 443. The van der Waals surface area contributed by atoms with E-state index in [4.69, 9.17) is 0 Å². The number of carbonyl (C=O) groups excluding carboxylic acids is 1. The van der Waals surface area contributed by atoms with Gasteiger partial charge in [-0.05, 0) is 45.7 Å². The Hall–Kier alpha value is -0.620. The minimum atomic E-state index is -0.463. The lowest BCUT2D eigenvalue weighted by Crippen LogP contribution is -2.13. The largest absolute Gasteiger partial charge is 0.388 e. The van der Waals surface area contributed by atoms with Gasteiger partial charge in [0.05, 0.1) is 11.7 Å². The molecule has 1 heterocycles. The Balaban J connectivity index is 2.46. The van der Waals surface area contributed by atoms with Crippen LogP contribution >= 0.6 is 22.6 Å². The van der Waals surface area contributed by atoms with Gasteiger partial charge in [-0.25, -0.2) is 0 Å². The lowest BCUT2D eigenvalue weighted by molar-refractivity contribution is 0.0964. The van der Waals surface area contributed by atoms with E-state index in [2.05, 4.69) is 27.9 Å². The molecule has 1 aromatic rings. The van der Waals surface area contributed by atoms with Crippen molar-refractivity contribution in [1.82, 2.24) is 5.32 Å². The molecule has 0 unspecified atom stereocenters. The van der Waals surface area contributed by atoms with Crippen LogP contribution in [-0.2, 0) is 6.54 Å². The van der Waals surface area contributed by atoms with Crippen molar-refractivity contribution < 1.29 is 9.90 Å². The van der Waals surface area contributed by atoms with Crippen LogP contribution in [0.2, 0.25) is 0 Å². The number of benzene rings is 1. The Morgan fingerprint density at radius 3 is 2.75 bits per heavy atom. The zero-order valence-electron chi connectivity index (χ0n) is 9.25. The first-order valence-electron chi connectivity index (χ1n) is 5.29. The molecule has 16 heavy (non-hydrogen) atoms. The quantitative estimate of drug-likeness (QED) is 0.817. The van der Waals surface area contributed by atoms with E-state index in [0.717, 1.165) is 20.3 Å². The molecular weight excluding hydrogens is 317 g/mol. The molecule has 0 spiro atoms. The first-order valence-corrected chi connectivity index (χ1v) is 6.37. The minimum Gasteiger partial charge on any atom is -0.388 e. The third-order valence-electron chi connectivity index (χ3n) is 2.83. The number of fused-ring (bicyclic) bond motifs is 1. The molecule has 0 radical (unpaired) electrons. The van der Waals surface area contributed by atoms with Crippen molar-refractivity contribution in [3.63, 3.8) is 0 Å². The number of halogens is 1. The van der Waals surface area contributed by atoms with Gasteiger partial charge in [0, 0.05) is 10.1 Å². The molecule has 0 bridgehead atoms. The molecular formula is C12H14INO2. The zero-order valence-corrected chi connectivity index (χ0v) is 11.4. The number of aliphatic hydroxyl groups is 1. The molecule has 4 heteroatoms. The van der Waals surface area contributed by atoms with E-state index >= 15 is 0 Å². The highest BCUT2D eigenvalue weighted by Crippen LogP contribution is 2.29. The second kappa shape index (κ2) is 4.33. The van der Waals surface area contributed by atoms with Gasteiger partial charge in [-0.3, -0.25) is 4.79 Å². The molecule has 0 aromatic heterocycles. The number of aliphatic hydroxyl groups excluding tert-OH is 1. The van der Waals surface area contributed by atoms with Crippen LogP contribution in [0.3, 0.4) is 0 Å². The summed E-state index contributed by atoms with van der Waals surface area (Å²) in [5.41, 5.74) is 2.65. The number of hydrogen-bond donors (Lipinski definition) is 2. The van der Waals surface area contributed by atoms with Gasteiger partial charge < -0.3 is 10.4 Å². The highest BCUT2D eigenvalue weighted by Gasteiger charge is 2.24. The van der Waals surface area contributed by atoms with Gasteiger partial charge in [-0.2, -0.15) is 0 Å². The van der Waals surface area contributed by atoms with E-state index < -0.39 is 6.10 Å². The van der Waals surface area contributed by atoms with Crippen LogP contribution in [-0.4, -0.2) is 11.0 Å². The Morgan fingerprint density at radius 2 is 2.12 bits per heavy atom. The Kier molecular flexibility index (Phi) is 3.21. The van der Waals surface area contributed by atoms with Crippen molar-refractivity contribution in [2.75, 3.05) is 0 Å². The molecule has 1 amide bonds. The summed E-state index contributed by atoms with van der Waals surface area (Å²) in [5.74, 6) is 0.170. The van der Waals surface area contributed by atoms with Crippen molar-refractivity contribution in [2.45, 2.75) is 26.5 Å². The first-order chi connectivity index (χ1) is 7.50. The van der Waals surface area contributed by atoms with Gasteiger partial charge in [-0.1, -0.05) is 19.9 Å². The highest BCUT2D eigenvalue weighted by molar-refractivity contribution is 14.1. The maximum absolute atomic E-state index is 11.5. The summed E-state index contributed by atoms with van der Waals surface area (Å²) < 4.78 is 0.916. The SMILES string of the molecule is CC(C)[C@@H](O)c1cc(I)c2c(c1)CNC2=O. The third kappa shape index (κ3) is 1.96. The van der Waals surface area contributed by atoms with Crippen molar-refractivity contribution in [1.29, 1.82) is 0 Å². The lowest BCUT2D eigenvalue weighted by Gasteiger charge is -2.16. The summed E-state index contributed by atoms with van der Waals surface area (Å²) in [6.07, 6.45) is -0.463. The summed E-state index contributed by atoms with van der Waals surface area (Å²) in [5, 5.41) is 12.8. The number of rotatable bonds is 2. The maximum Gasteiger partial charge on any atom is 0.252 e. The fourth-order valence-corrected chi connectivity index (χ4v) is 2.85. The molecule has 0 saturated carbocycles. The molecule has 0 saturated heterocycles. The van der Waals surface area contributed by atoms with Crippen LogP contribution in [0.25, 0.3) is 0 Å². The van der Waals surface area contributed by atoms with Crippen molar-refractivity contribution in [3.8, 4) is 0 Å². The molecule has 1 atom stereocenters. The lowest BCUT2D eigenvalue weighted by atomic mass is 9.96. The van der Waals surface area contributed by atoms with Gasteiger partial charge in [-0.15, -0.1) is 0 Å². The summed E-state index contributed by atoms with van der Waals surface area (Å²) in [7, 11) is 0. The van der Waals surface area contributed by atoms with Crippen LogP contribution in [0.15, 0.2) is 12.1 Å². The van der Waals surface area contributed by atoms with Crippen LogP contribution in [0.4, 0.5) is 0 Å². The minimum absolute atomic E-state index is 0.00927. The highest BCUT2D eigenvalue weighted by atomic mass is 127. The molecule has 0 aliphatic carbocycles. The zero-order chi connectivity index (χ0) is 11.9. The number of amides is 1. The topological polar surface area (TPSA) is 49.3 Å². The van der Waals surface area contributed by atoms with Crippen molar-refractivity contribution in [3.05, 3.63) is 32.4 Å². The predicted molar refractivity (Wildman–Crippen MR) is 70.1 cm³/mol. The van der Waals surface area contributed by atoms with Crippen molar-refractivity contribution >= 4 is 28.5 Å². The van der Waals surface area contributed by atoms with Gasteiger partial charge in [0.1, 0.15) is 0 Å². The normalized spacial score (nSPS) is 16.2. The molecule has 2 rings (SSSR count). The number of carbonyl (C=O) groups is 1. The first kappa shape index (κ1) is 11.9. The predicted octanol–water partition coefficient (Wildman–Crippen LogP) is 2.22. The average Bonchev–Trinajstić information content (AvgIpc) is 2.59. The van der Waals surface area contributed by atoms with Crippen LogP contribution in [0.1, 0.15) is 41.4 Å². The van der Waals surface area contributed by atoms with E-state index in [0.29, 0.717) is 6.54 Å².